The predicted octanol–water partition coefficient (Wildman–Crippen LogP) is 11.8. The molecule has 5 heteroatoms. The van der Waals surface area contributed by atoms with E-state index in [2.05, 4.69) is 169 Å². The Labute approximate surface area is 317 Å². The number of benzene rings is 4. The maximum Gasteiger partial charge on any atom is 0.158 e. The molecule has 54 heavy (non-hydrogen) atoms. The van der Waals surface area contributed by atoms with Gasteiger partial charge in [0.15, 0.2) is 5.71 Å². The lowest BCUT2D eigenvalue weighted by Gasteiger charge is -2.36. The van der Waals surface area contributed by atoms with E-state index in [1.807, 2.05) is 13.0 Å². The van der Waals surface area contributed by atoms with Crippen molar-refractivity contribution in [2.45, 2.75) is 39.5 Å². The smallest absolute Gasteiger partial charge is 0.158 e. The van der Waals surface area contributed by atoms with Crippen molar-refractivity contribution in [1.82, 2.24) is 0 Å². The van der Waals surface area contributed by atoms with Gasteiger partial charge in [0.25, 0.3) is 0 Å². The van der Waals surface area contributed by atoms with Gasteiger partial charge < -0.3 is 9.80 Å². The monoisotopic (exact) mass is 697 g/mol. The van der Waals surface area contributed by atoms with E-state index in [-0.39, 0.29) is 11.3 Å². The van der Waals surface area contributed by atoms with Crippen LogP contribution in [0.25, 0.3) is 5.57 Å². The van der Waals surface area contributed by atoms with E-state index in [9.17, 15) is 10.5 Å². The summed E-state index contributed by atoms with van der Waals surface area (Å²) in [6.07, 6.45) is 18.7. The molecule has 0 aromatic heterocycles. The van der Waals surface area contributed by atoms with E-state index >= 15 is 0 Å². The van der Waals surface area contributed by atoms with Gasteiger partial charge in [-0.2, -0.15) is 10.5 Å². The molecular formula is C49H39N5. The van der Waals surface area contributed by atoms with Gasteiger partial charge in [-0.05, 0) is 114 Å². The molecular weight excluding hydrogens is 659 g/mol. The molecule has 260 valence electrons. The number of nitrogens with zero attached hydrogens (tertiary/aromatic N) is 5. The van der Waals surface area contributed by atoms with E-state index in [0.717, 1.165) is 47.4 Å². The van der Waals surface area contributed by atoms with E-state index < -0.39 is 0 Å². The van der Waals surface area contributed by atoms with Crippen molar-refractivity contribution in [3.8, 4) is 12.1 Å². The van der Waals surface area contributed by atoms with E-state index in [4.69, 9.17) is 4.99 Å². The molecule has 4 aromatic carbocycles. The van der Waals surface area contributed by atoms with E-state index in [0.29, 0.717) is 12.1 Å². The van der Waals surface area contributed by atoms with Crippen LogP contribution in [0.15, 0.2) is 191 Å². The van der Waals surface area contributed by atoms with Gasteiger partial charge >= 0.3 is 0 Å². The minimum absolute atomic E-state index is 0.00842. The zero-order chi connectivity index (χ0) is 37.2. The molecule has 0 unspecified atom stereocenters. The molecule has 0 bridgehead atoms. The summed E-state index contributed by atoms with van der Waals surface area (Å²) in [5.74, 6) is 0. The van der Waals surface area contributed by atoms with Crippen molar-refractivity contribution in [3.05, 3.63) is 208 Å². The van der Waals surface area contributed by atoms with Gasteiger partial charge in [-0.25, -0.2) is 4.99 Å². The Bertz CT molecular complexity index is 2500. The summed E-state index contributed by atoms with van der Waals surface area (Å²) in [5, 5.41) is 19.8. The number of nitriles is 2. The Morgan fingerprint density at radius 2 is 1.35 bits per heavy atom. The first-order chi connectivity index (χ1) is 26.4. The van der Waals surface area contributed by atoms with Crippen molar-refractivity contribution >= 4 is 34.0 Å². The van der Waals surface area contributed by atoms with Crippen LogP contribution in [0.4, 0.5) is 22.7 Å². The van der Waals surface area contributed by atoms with Gasteiger partial charge in [-0.15, -0.1) is 0 Å². The first-order valence-electron chi connectivity index (χ1n) is 18.3. The fourth-order valence-corrected chi connectivity index (χ4v) is 7.85. The minimum atomic E-state index is 0.00842. The fraction of sp³-hybridized carbons (Fsp3) is 0.122. The number of rotatable bonds is 6. The second kappa shape index (κ2) is 14.6. The van der Waals surface area contributed by atoms with Crippen molar-refractivity contribution in [2.24, 2.45) is 4.99 Å². The van der Waals surface area contributed by atoms with Gasteiger partial charge in [0.2, 0.25) is 0 Å². The topological polar surface area (TPSA) is 66.4 Å². The van der Waals surface area contributed by atoms with Crippen molar-refractivity contribution < 1.29 is 0 Å². The summed E-state index contributed by atoms with van der Waals surface area (Å²) in [6, 6.07) is 38.4. The number of para-hydroxylation sites is 3. The first kappa shape index (κ1) is 34.2. The minimum Gasteiger partial charge on any atom is -0.310 e. The molecule has 2 aliphatic carbocycles. The SMILES string of the molecule is C=C(C#N)/C(C#N)=N\C(C1=CC=C(N2C3=C(C=CCC=C3C)Cc3ccccc32)C=CC1)=C(/C)c1ccc(N2c3ccccc3Cc3ccccc32)cc1. The van der Waals surface area contributed by atoms with Crippen molar-refractivity contribution in [1.29, 1.82) is 10.5 Å². The second-order valence-corrected chi connectivity index (χ2v) is 13.9. The third kappa shape index (κ3) is 6.27. The Balaban J connectivity index is 1.23. The van der Waals surface area contributed by atoms with Crippen molar-refractivity contribution in [2.75, 3.05) is 9.80 Å². The van der Waals surface area contributed by atoms with E-state index in [1.54, 1.807) is 0 Å². The summed E-state index contributed by atoms with van der Waals surface area (Å²) < 4.78 is 0. The number of aliphatic imine (C=N–C) groups is 1. The second-order valence-electron chi connectivity index (χ2n) is 13.9. The number of anilines is 4. The molecule has 2 heterocycles. The molecule has 0 N–H and O–H groups in total. The third-order valence-corrected chi connectivity index (χ3v) is 10.5. The van der Waals surface area contributed by atoms with Gasteiger partial charge in [0, 0.05) is 41.3 Å². The standard InChI is InChI=1S/C49H39N5/c1-33-13-4-5-17-41-30-40-16-8-11-22-47(40)54(49(33)41)42-19-12-18-37(25-28-42)48(52-44(32-51)34(2)31-50)35(3)36-23-26-43(27-24-36)53-45-20-9-6-14-38(45)29-39-15-7-10-21-46(39)53/h5-17,19-28H,2,4,18,29-30H2,1,3H3/b48-35+,52-44-. The largest absolute Gasteiger partial charge is 0.310 e. The van der Waals surface area contributed by atoms with Crippen LogP contribution in [0.5, 0.6) is 0 Å². The molecule has 4 aromatic rings. The predicted molar refractivity (Wildman–Crippen MR) is 221 cm³/mol. The van der Waals surface area contributed by atoms with Crippen molar-refractivity contribution in [3.63, 3.8) is 0 Å². The van der Waals surface area contributed by atoms with Gasteiger partial charge in [-0.1, -0.05) is 104 Å². The van der Waals surface area contributed by atoms with Crippen LogP contribution in [0.3, 0.4) is 0 Å². The maximum absolute atomic E-state index is 10.1. The molecule has 0 saturated heterocycles. The Morgan fingerprint density at radius 1 is 0.722 bits per heavy atom. The summed E-state index contributed by atoms with van der Waals surface area (Å²) >= 11 is 0. The van der Waals surface area contributed by atoms with Crippen LogP contribution >= 0.6 is 0 Å². The lowest BCUT2D eigenvalue weighted by Crippen LogP contribution is -2.27. The van der Waals surface area contributed by atoms with Crippen LogP contribution in [0.1, 0.15) is 48.9 Å². The normalized spacial score (nSPS) is 16.5. The maximum atomic E-state index is 10.1. The highest BCUT2D eigenvalue weighted by Gasteiger charge is 2.28. The van der Waals surface area contributed by atoms with Gasteiger partial charge in [-0.3, -0.25) is 0 Å². The molecule has 0 fully saturated rings. The lowest BCUT2D eigenvalue weighted by atomic mass is 9.92. The Hall–Kier alpha value is -6.95. The van der Waals surface area contributed by atoms with Crippen LogP contribution in [-0.2, 0) is 12.8 Å². The quantitative estimate of drug-likeness (QED) is 0.131. The Kier molecular flexibility index (Phi) is 9.22. The Morgan fingerprint density at radius 3 is 2.00 bits per heavy atom. The number of fused-ring (bicyclic) bond motifs is 3. The summed E-state index contributed by atoms with van der Waals surface area (Å²) in [7, 11) is 0. The van der Waals surface area contributed by atoms with Crippen LogP contribution in [0, 0.1) is 22.7 Å². The summed E-state index contributed by atoms with van der Waals surface area (Å²) in [5.41, 5.74) is 16.8. The number of hydrogen-bond acceptors (Lipinski definition) is 5. The van der Waals surface area contributed by atoms with Crippen LogP contribution in [0.2, 0.25) is 0 Å². The third-order valence-electron chi connectivity index (χ3n) is 10.5. The molecule has 0 spiro atoms. The average Bonchev–Trinajstić information content (AvgIpc) is 3.57. The summed E-state index contributed by atoms with van der Waals surface area (Å²) in [4.78, 5) is 9.57. The first-order valence-corrected chi connectivity index (χ1v) is 18.3. The number of allylic oxidation sites excluding steroid dienone is 12. The van der Waals surface area contributed by atoms with Crippen LogP contribution in [-0.4, -0.2) is 5.71 Å². The molecule has 2 aliphatic heterocycles. The highest BCUT2D eigenvalue weighted by Crippen LogP contribution is 2.45. The van der Waals surface area contributed by atoms with Gasteiger partial charge in [0.05, 0.1) is 17.0 Å². The fourth-order valence-electron chi connectivity index (χ4n) is 7.85. The van der Waals surface area contributed by atoms with E-state index in [1.165, 1.54) is 50.6 Å². The molecule has 0 radical (unpaired) electrons. The molecule has 0 saturated carbocycles. The highest BCUT2D eigenvalue weighted by atomic mass is 15.2. The lowest BCUT2D eigenvalue weighted by molar-refractivity contribution is 0.988. The highest BCUT2D eigenvalue weighted by molar-refractivity contribution is 6.14. The number of hydrogen-bond donors (Lipinski definition) is 0. The van der Waals surface area contributed by atoms with Crippen LogP contribution < -0.4 is 9.80 Å². The average molecular weight is 698 g/mol. The molecule has 0 atom stereocenters. The molecule has 5 nitrogen and oxygen atoms in total. The zero-order valence-corrected chi connectivity index (χ0v) is 30.6. The summed E-state index contributed by atoms with van der Waals surface area (Å²) in [6.45, 7) is 8.06. The zero-order valence-electron chi connectivity index (χ0n) is 30.6. The molecule has 8 rings (SSSR count). The molecule has 4 aliphatic rings. The van der Waals surface area contributed by atoms with Gasteiger partial charge in [0.1, 0.15) is 12.1 Å². The molecule has 0 amide bonds.